The van der Waals surface area contributed by atoms with E-state index in [1.165, 1.54) is 25.7 Å². The molecule has 1 aromatic carbocycles. The largest absolute Gasteiger partial charge is 0.370 e. The number of azide groups is 1. The fourth-order valence-electron chi connectivity index (χ4n) is 3.56. The third-order valence-electron chi connectivity index (χ3n) is 4.73. The molecule has 0 aliphatic carbocycles. The van der Waals surface area contributed by atoms with Crippen LogP contribution in [-0.4, -0.2) is 32.1 Å². The molecule has 0 N–H and O–H groups in total. The second kappa shape index (κ2) is 7.38. The van der Waals surface area contributed by atoms with Crippen LogP contribution in [0.25, 0.3) is 10.4 Å². The highest BCUT2D eigenvalue weighted by Gasteiger charge is 2.32. The van der Waals surface area contributed by atoms with E-state index in [2.05, 4.69) is 21.0 Å². The zero-order valence-corrected chi connectivity index (χ0v) is 13.4. The lowest BCUT2D eigenvalue weighted by molar-refractivity contribution is -0.117. The van der Waals surface area contributed by atoms with Gasteiger partial charge in [-0.05, 0) is 36.4 Å². The Bertz CT molecular complexity index is 603. The highest BCUT2D eigenvalue weighted by molar-refractivity contribution is 5.98. The van der Waals surface area contributed by atoms with Crippen molar-refractivity contribution in [2.75, 3.05) is 36.0 Å². The van der Waals surface area contributed by atoms with Crippen LogP contribution in [0.4, 0.5) is 11.4 Å². The third kappa shape index (κ3) is 3.59. The van der Waals surface area contributed by atoms with Gasteiger partial charge in [-0.25, -0.2) is 0 Å². The maximum absolute atomic E-state index is 12.4. The number of benzene rings is 1. The van der Waals surface area contributed by atoms with Crippen molar-refractivity contribution in [2.45, 2.75) is 32.1 Å². The minimum atomic E-state index is 0.121. The molecule has 1 unspecified atom stereocenters. The number of anilines is 2. The zero-order valence-electron chi connectivity index (χ0n) is 13.4. The summed E-state index contributed by atoms with van der Waals surface area (Å²) in [6.07, 6.45) is 5.46. The fourth-order valence-corrected chi connectivity index (χ4v) is 3.56. The monoisotopic (exact) mass is 313 g/mol. The lowest BCUT2D eigenvalue weighted by atomic mass is 10.1. The van der Waals surface area contributed by atoms with Crippen molar-refractivity contribution in [1.82, 2.24) is 0 Å². The summed E-state index contributed by atoms with van der Waals surface area (Å²) in [5.74, 6) is 0.251. The number of carbonyl (C=O) groups excluding carboxylic acids is 1. The molecule has 23 heavy (non-hydrogen) atoms. The van der Waals surface area contributed by atoms with Crippen molar-refractivity contribution in [1.29, 1.82) is 0 Å². The Balaban J connectivity index is 1.82. The first kappa shape index (κ1) is 15.7. The molecule has 6 nitrogen and oxygen atoms in total. The summed E-state index contributed by atoms with van der Waals surface area (Å²) in [4.78, 5) is 19.5. The van der Waals surface area contributed by atoms with E-state index in [1.807, 2.05) is 23.1 Å². The van der Waals surface area contributed by atoms with Gasteiger partial charge in [-0.2, -0.15) is 0 Å². The fraction of sp³-hybridized carbons (Fsp3) is 0.588. The molecule has 2 fully saturated rings. The molecule has 1 aromatic rings. The van der Waals surface area contributed by atoms with Crippen molar-refractivity contribution in [3.8, 4) is 0 Å². The molecule has 3 rings (SSSR count). The summed E-state index contributed by atoms with van der Waals surface area (Å²) >= 11 is 0. The predicted molar refractivity (Wildman–Crippen MR) is 91.6 cm³/mol. The second-order valence-electron chi connectivity index (χ2n) is 6.38. The number of amides is 1. The molecular formula is C17H23N5O. The van der Waals surface area contributed by atoms with Crippen LogP contribution in [0.3, 0.4) is 0 Å². The van der Waals surface area contributed by atoms with Gasteiger partial charge in [0, 0.05) is 37.5 Å². The van der Waals surface area contributed by atoms with E-state index in [4.69, 9.17) is 5.53 Å². The van der Waals surface area contributed by atoms with Gasteiger partial charge < -0.3 is 9.80 Å². The van der Waals surface area contributed by atoms with Crippen LogP contribution in [-0.2, 0) is 4.79 Å². The minimum Gasteiger partial charge on any atom is -0.370 e. The van der Waals surface area contributed by atoms with Crippen LogP contribution in [0, 0.1) is 5.92 Å². The van der Waals surface area contributed by atoms with Gasteiger partial charge in [0.1, 0.15) is 0 Å². The van der Waals surface area contributed by atoms with Gasteiger partial charge in [-0.3, -0.25) is 4.79 Å². The number of para-hydroxylation sites is 2. The molecule has 0 bridgehead atoms. The Morgan fingerprint density at radius 1 is 1.13 bits per heavy atom. The smallest absolute Gasteiger partial charge is 0.227 e. The van der Waals surface area contributed by atoms with Crippen molar-refractivity contribution in [3.63, 3.8) is 0 Å². The standard InChI is InChI=1S/C17H23N5O/c18-20-19-12-14-11-17(23)22(13-14)16-8-4-3-7-15(16)21-9-5-1-2-6-10-21/h3-4,7-8,14H,1-2,5-6,9-13H2. The minimum absolute atomic E-state index is 0.121. The predicted octanol–water partition coefficient (Wildman–Crippen LogP) is 3.73. The van der Waals surface area contributed by atoms with Gasteiger partial charge >= 0.3 is 0 Å². The molecule has 1 atom stereocenters. The van der Waals surface area contributed by atoms with Crippen LogP contribution < -0.4 is 9.80 Å². The van der Waals surface area contributed by atoms with Crippen LogP contribution in [0.2, 0.25) is 0 Å². The number of carbonyl (C=O) groups is 1. The van der Waals surface area contributed by atoms with Crippen LogP contribution >= 0.6 is 0 Å². The van der Waals surface area contributed by atoms with Gasteiger partial charge in [0.2, 0.25) is 5.91 Å². The Labute approximate surface area is 136 Å². The summed E-state index contributed by atoms with van der Waals surface area (Å²) in [5, 5.41) is 3.63. The SMILES string of the molecule is [N-]=[N+]=NCC1CC(=O)N(c2ccccc2N2CCCCCC2)C1. The third-order valence-corrected chi connectivity index (χ3v) is 4.73. The van der Waals surface area contributed by atoms with Gasteiger partial charge in [0.25, 0.3) is 0 Å². The quantitative estimate of drug-likeness (QED) is 0.482. The molecule has 122 valence electrons. The molecule has 2 saturated heterocycles. The van der Waals surface area contributed by atoms with E-state index in [0.717, 1.165) is 24.5 Å². The maximum atomic E-state index is 12.4. The molecule has 0 radical (unpaired) electrons. The summed E-state index contributed by atoms with van der Waals surface area (Å²) in [7, 11) is 0. The first-order chi connectivity index (χ1) is 11.3. The summed E-state index contributed by atoms with van der Waals surface area (Å²) in [6, 6.07) is 8.19. The van der Waals surface area contributed by atoms with Gasteiger partial charge in [-0.1, -0.05) is 30.1 Å². The number of hydrogen-bond acceptors (Lipinski definition) is 3. The first-order valence-corrected chi connectivity index (χ1v) is 8.45. The molecule has 1 amide bonds. The van der Waals surface area contributed by atoms with Gasteiger partial charge in [0.05, 0.1) is 11.4 Å². The molecule has 0 spiro atoms. The van der Waals surface area contributed by atoms with Crippen molar-refractivity contribution < 1.29 is 4.79 Å². The lowest BCUT2D eigenvalue weighted by Crippen LogP contribution is -2.30. The van der Waals surface area contributed by atoms with E-state index in [9.17, 15) is 4.79 Å². The Kier molecular flexibility index (Phi) is 5.03. The second-order valence-corrected chi connectivity index (χ2v) is 6.38. The van der Waals surface area contributed by atoms with E-state index >= 15 is 0 Å². The first-order valence-electron chi connectivity index (χ1n) is 8.45. The number of nitrogens with zero attached hydrogens (tertiary/aromatic N) is 5. The maximum Gasteiger partial charge on any atom is 0.227 e. The Hall–Kier alpha value is -2.20. The zero-order chi connectivity index (χ0) is 16.1. The van der Waals surface area contributed by atoms with Gasteiger partial charge in [-0.15, -0.1) is 0 Å². The van der Waals surface area contributed by atoms with Crippen LogP contribution in [0.1, 0.15) is 32.1 Å². The number of rotatable bonds is 4. The average Bonchev–Trinajstić information content (AvgIpc) is 2.77. The summed E-state index contributed by atoms with van der Waals surface area (Å²) in [5.41, 5.74) is 10.6. The molecule has 2 heterocycles. The summed E-state index contributed by atoms with van der Waals surface area (Å²) < 4.78 is 0. The van der Waals surface area contributed by atoms with E-state index in [1.54, 1.807) is 0 Å². The van der Waals surface area contributed by atoms with E-state index in [0.29, 0.717) is 19.5 Å². The normalized spacial score (nSPS) is 21.9. The van der Waals surface area contributed by atoms with Crippen molar-refractivity contribution in [2.24, 2.45) is 11.0 Å². The Morgan fingerprint density at radius 2 is 1.83 bits per heavy atom. The van der Waals surface area contributed by atoms with E-state index in [-0.39, 0.29) is 11.8 Å². The molecule has 2 aliphatic rings. The number of hydrogen-bond donors (Lipinski definition) is 0. The molecule has 0 saturated carbocycles. The molecular weight excluding hydrogens is 290 g/mol. The molecule has 0 aromatic heterocycles. The average molecular weight is 313 g/mol. The van der Waals surface area contributed by atoms with Crippen LogP contribution in [0.15, 0.2) is 29.4 Å². The van der Waals surface area contributed by atoms with Crippen LogP contribution in [0.5, 0.6) is 0 Å². The van der Waals surface area contributed by atoms with E-state index < -0.39 is 0 Å². The van der Waals surface area contributed by atoms with Gasteiger partial charge in [0.15, 0.2) is 0 Å². The molecule has 6 heteroatoms. The van der Waals surface area contributed by atoms with Crippen molar-refractivity contribution in [3.05, 3.63) is 34.7 Å². The Morgan fingerprint density at radius 3 is 2.52 bits per heavy atom. The van der Waals surface area contributed by atoms with Crippen molar-refractivity contribution >= 4 is 17.3 Å². The topological polar surface area (TPSA) is 72.3 Å². The summed E-state index contributed by atoms with van der Waals surface area (Å²) in [6.45, 7) is 3.15. The molecule has 2 aliphatic heterocycles. The highest BCUT2D eigenvalue weighted by Crippen LogP contribution is 2.34. The lowest BCUT2D eigenvalue weighted by Gasteiger charge is -2.29. The highest BCUT2D eigenvalue weighted by atomic mass is 16.2.